The molecule has 0 radical (unpaired) electrons. The summed E-state index contributed by atoms with van der Waals surface area (Å²) in [6, 6.07) is 14.5. The molecule has 1 aromatic carbocycles. The molecule has 2 rings (SSSR count). The Morgan fingerprint density at radius 1 is 0.900 bits per heavy atom. The van der Waals surface area contributed by atoms with Crippen LogP contribution < -0.4 is 4.50 Å². The van der Waals surface area contributed by atoms with Gasteiger partial charge in [0.1, 0.15) is 14.5 Å². The van der Waals surface area contributed by atoms with E-state index < -0.39 is 14.5 Å². The average Bonchev–Trinajstić information content (AvgIpc) is 2.85. The van der Waals surface area contributed by atoms with Crippen LogP contribution in [-0.4, -0.2) is 14.5 Å². The Balaban J connectivity index is 2.25. The smallest absolute Gasteiger partial charge is 0.147 e. The number of hydrogen-bond donors (Lipinski definition) is 0. The van der Waals surface area contributed by atoms with Gasteiger partial charge in [0.15, 0.2) is 0 Å². The van der Waals surface area contributed by atoms with E-state index >= 15 is 0 Å². The van der Waals surface area contributed by atoms with Gasteiger partial charge in [-0.1, -0.05) is 62.3 Å². The first-order chi connectivity index (χ1) is 9.30. The zero-order valence-corrected chi connectivity index (χ0v) is 15.9. The molecule has 0 nitrogen and oxygen atoms in total. The van der Waals surface area contributed by atoms with E-state index in [9.17, 15) is 0 Å². The maximum atomic E-state index is 6.71. The number of rotatable bonds is 2. The Kier molecular flexibility index (Phi) is 4.60. The maximum Gasteiger partial charge on any atom is 0.147 e. The molecule has 4 heteroatoms. The van der Waals surface area contributed by atoms with Crippen molar-refractivity contribution >= 4 is 41.4 Å². The minimum absolute atomic E-state index is 1.06. The van der Waals surface area contributed by atoms with Crippen LogP contribution in [0.5, 0.6) is 0 Å². The molecule has 0 atom stereocenters. The van der Waals surface area contributed by atoms with Crippen LogP contribution in [0, 0.1) is 11.8 Å². The SMILES string of the molecule is C[Si](C)(Cl)[Si](C)(C)c1ccc(C#Cc2ccccc2)s1. The Morgan fingerprint density at radius 2 is 1.55 bits per heavy atom. The summed E-state index contributed by atoms with van der Waals surface area (Å²) in [4.78, 5) is 1.14. The molecule has 0 bridgehead atoms. The van der Waals surface area contributed by atoms with Crippen molar-refractivity contribution in [3.8, 4) is 11.8 Å². The molecule has 0 aliphatic rings. The second-order valence-electron chi connectivity index (χ2n) is 5.88. The topological polar surface area (TPSA) is 0 Å². The lowest BCUT2D eigenvalue weighted by Crippen LogP contribution is -2.58. The van der Waals surface area contributed by atoms with Gasteiger partial charge in [-0.2, -0.15) is 11.1 Å². The molecular weight excluding hydrogens is 316 g/mol. The van der Waals surface area contributed by atoms with Crippen LogP contribution >= 0.6 is 22.4 Å². The van der Waals surface area contributed by atoms with Gasteiger partial charge in [0.05, 0.1) is 4.88 Å². The van der Waals surface area contributed by atoms with E-state index in [-0.39, 0.29) is 0 Å². The van der Waals surface area contributed by atoms with Crippen LogP contribution in [0.15, 0.2) is 42.5 Å². The number of halogens is 1. The Labute approximate surface area is 132 Å². The Morgan fingerprint density at radius 3 is 2.15 bits per heavy atom. The third-order valence-electron chi connectivity index (χ3n) is 3.81. The number of thiophene rings is 1. The molecule has 104 valence electrons. The molecule has 0 amide bonds. The van der Waals surface area contributed by atoms with E-state index in [0.717, 1.165) is 10.4 Å². The quantitative estimate of drug-likeness (QED) is 0.428. The van der Waals surface area contributed by atoms with Gasteiger partial charge >= 0.3 is 0 Å². The zero-order valence-electron chi connectivity index (χ0n) is 12.3. The molecule has 0 saturated carbocycles. The summed E-state index contributed by atoms with van der Waals surface area (Å²) in [6.07, 6.45) is 0. The summed E-state index contributed by atoms with van der Waals surface area (Å²) in [7, 11) is -1.51. The third kappa shape index (κ3) is 3.45. The van der Waals surface area contributed by atoms with Crippen molar-refractivity contribution in [1.82, 2.24) is 0 Å². The first-order valence-electron chi connectivity index (χ1n) is 6.67. The summed E-state index contributed by atoms with van der Waals surface area (Å²) in [5, 5.41) is 0. The van der Waals surface area contributed by atoms with Gasteiger partial charge in [0.2, 0.25) is 0 Å². The summed E-state index contributed by atoms with van der Waals surface area (Å²) < 4.78 is 1.47. The predicted molar refractivity (Wildman–Crippen MR) is 97.2 cm³/mol. The summed E-state index contributed by atoms with van der Waals surface area (Å²) in [5.41, 5.74) is 1.06. The molecule has 2 aromatic rings. The molecule has 1 aromatic heterocycles. The highest BCUT2D eigenvalue weighted by atomic mass is 35.6. The molecule has 0 unspecified atom stereocenters. The predicted octanol–water partition coefficient (Wildman–Crippen LogP) is 4.59. The number of hydrogen-bond acceptors (Lipinski definition) is 1. The summed E-state index contributed by atoms with van der Waals surface area (Å²) in [6.45, 7) is 7.66. The minimum Gasteiger partial charge on any atom is -0.171 e. The number of benzene rings is 1. The average molecular weight is 335 g/mol. The van der Waals surface area contributed by atoms with Gasteiger partial charge in [-0.25, -0.2) is 0 Å². The highest BCUT2D eigenvalue weighted by Gasteiger charge is 2.42. The highest BCUT2D eigenvalue weighted by Crippen LogP contribution is 2.25. The second kappa shape index (κ2) is 5.91. The van der Waals surface area contributed by atoms with Gasteiger partial charge in [-0.05, 0) is 22.7 Å². The van der Waals surface area contributed by atoms with E-state index in [1.54, 1.807) is 0 Å². The van der Waals surface area contributed by atoms with Crippen molar-refractivity contribution in [2.24, 2.45) is 0 Å². The standard InChI is InChI=1S/C16H19ClSSi2/c1-19(2,20(3,4)17)16-13-12-15(18-16)11-10-14-8-6-5-7-9-14/h5-9,12-13H,1-4H3. The van der Waals surface area contributed by atoms with Crippen LogP contribution in [0.3, 0.4) is 0 Å². The normalized spacial score (nSPS) is 11.8. The fourth-order valence-electron chi connectivity index (χ4n) is 1.69. The first-order valence-corrected chi connectivity index (χ1v) is 15.5. The maximum absolute atomic E-state index is 6.71. The molecule has 0 aliphatic heterocycles. The Hall–Kier alpha value is -0.796. The van der Waals surface area contributed by atoms with Crippen LogP contribution in [0.25, 0.3) is 0 Å². The largest absolute Gasteiger partial charge is 0.171 e. The Bertz CT molecular complexity index is 642. The van der Waals surface area contributed by atoms with Crippen molar-refractivity contribution in [3.05, 3.63) is 52.9 Å². The van der Waals surface area contributed by atoms with E-state index in [4.69, 9.17) is 11.1 Å². The van der Waals surface area contributed by atoms with E-state index in [1.165, 1.54) is 4.50 Å². The fourth-order valence-corrected chi connectivity index (χ4v) is 10.9. The van der Waals surface area contributed by atoms with Gasteiger partial charge in [-0.3, -0.25) is 0 Å². The van der Waals surface area contributed by atoms with Gasteiger partial charge in [0, 0.05) is 5.56 Å². The zero-order chi connectivity index (χ0) is 14.8. The second-order valence-corrected chi connectivity index (χ2v) is 25.3. The molecule has 0 aliphatic carbocycles. The van der Waals surface area contributed by atoms with Gasteiger partial charge < -0.3 is 0 Å². The van der Waals surface area contributed by atoms with Crippen molar-refractivity contribution < 1.29 is 0 Å². The minimum atomic E-state index is -1.63. The van der Waals surface area contributed by atoms with Crippen molar-refractivity contribution in [2.75, 3.05) is 0 Å². The molecule has 0 saturated heterocycles. The highest BCUT2D eigenvalue weighted by molar-refractivity contribution is 7.64. The lowest BCUT2D eigenvalue weighted by molar-refractivity contribution is 1.65. The molecule has 0 spiro atoms. The van der Waals surface area contributed by atoms with Crippen LogP contribution in [0.1, 0.15) is 10.4 Å². The molecular formula is C16H19ClSSi2. The molecule has 0 fully saturated rings. The van der Waals surface area contributed by atoms with Crippen molar-refractivity contribution in [3.63, 3.8) is 0 Å². The molecule has 20 heavy (non-hydrogen) atoms. The van der Waals surface area contributed by atoms with Gasteiger partial charge in [0.25, 0.3) is 0 Å². The van der Waals surface area contributed by atoms with E-state index in [1.807, 2.05) is 41.7 Å². The summed E-state index contributed by atoms with van der Waals surface area (Å²) >= 11 is 8.54. The molecule has 0 N–H and O–H groups in total. The van der Waals surface area contributed by atoms with Crippen LogP contribution in [-0.2, 0) is 0 Å². The lowest BCUT2D eigenvalue weighted by atomic mass is 10.2. The lowest BCUT2D eigenvalue weighted by Gasteiger charge is -2.31. The van der Waals surface area contributed by atoms with E-state index in [2.05, 4.69) is 50.2 Å². The van der Waals surface area contributed by atoms with Gasteiger partial charge in [-0.15, -0.1) is 11.3 Å². The summed E-state index contributed by atoms with van der Waals surface area (Å²) in [5.74, 6) is 6.49. The first kappa shape index (κ1) is 15.6. The van der Waals surface area contributed by atoms with E-state index in [0.29, 0.717) is 0 Å². The van der Waals surface area contributed by atoms with Crippen LogP contribution in [0.4, 0.5) is 0 Å². The van der Waals surface area contributed by atoms with Crippen molar-refractivity contribution in [2.45, 2.75) is 26.2 Å². The molecule has 1 heterocycles. The van der Waals surface area contributed by atoms with Crippen LogP contribution in [0.2, 0.25) is 26.2 Å². The van der Waals surface area contributed by atoms with Crippen molar-refractivity contribution in [1.29, 1.82) is 0 Å². The monoisotopic (exact) mass is 334 g/mol. The third-order valence-corrected chi connectivity index (χ3v) is 25.4. The fraction of sp³-hybridized carbons (Fsp3) is 0.250.